The van der Waals surface area contributed by atoms with E-state index in [2.05, 4.69) is 34.5 Å². The second kappa shape index (κ2) is 14.4. The molecule has 0 fully saturated rings. The maximum Gasteiger partial charge on any atom is 0.220 e. The van der Waals surface area contributed by atoms with Crippen LogP contribution in [0.15, 0.2) is 35.4 Å². The summed E-state index contributed by atoms with van der Waals surface area (Å²) in [4.78, 5) is 26.7. The van der Waals surface area contributed by atoms with Crippen LogP contribution in [0.1, 0.15) is 57.4 Å². The summed E-state index contributed by atoms with van der Waals surface area (Å²) in [7, 11) is 0. The summed E-state index contributed by atoms with van der Waals surface area (Å²) in [6, 6.07) is 9.43. The Morgan fingerprint density at radius 2 is 1.89 bits per heavy atom. The Morgan fingerprint density at radius 3 is 2.54 bits per heavy atom. The lowest BCUT2D eigenvalue weighted by Gasteiger charge is -2.15. The Labute approximate surface area is 167 Å². The number of hydrogen-bond donors (Lipinski definition) is 4. The third kappa shape index (κ3) is 10.4. The Kier molecular flexibility index (Phi) is 12.0. The first-order valence-electron chi connectivity index (χ1n) is 10.0. The number of nitrogens with two attached hydrogens (primary N) is 2. The SMILES string of the molecule is CCCCCCCC(=O)N[C@H](CC(N)=O)/C(C=[NH+]CCc1ccccc1)=N/N. The molecule has 0 heterocycles. The quantitative estimate of drug-likeness (QED) is 0.160. The number of primary amides is 1. The van der Waals surface area contributed by atoms with Crippen molar-refractivity contribution in [1.29, 1.82) is 0 Å². The molecule has 28 heavy (non-hydrogen) atoms. The molecule has 2 amide bonds. The van der Waals surface area contributed by atoms with Crippen molar-refractivity contribution in [2.75, 3.05) is 6.54 Å². The molecule has 154 valence electrons. The van der Waals surface area contributed by atoms with Crippen LogP contribution in [-0.4, -0.2) is 36.3 Å². The molecule has 1 aromatic rings. The number of rotatable bonds is 14. The van der Waals surface area contributed by atoms with Crippen LogP contribution < -0.4 is 21.9 Å². The van der Waals surface area contributed by atoms with Crippen molar-refractivity contribution in [2.24, 2.45) is 16.7 Å². The first-order chi connectivity index (χ1) is 13.6. The van der Waals surface area contributed by atoms with E-state index in [1.807, 2.05) is 18.2 Å². The summed E-state index contributed by atoms with van der Waals surface area (Å²) >= 11 is 0. The van der Waals surface area contributed by atoms with Gasteiger partial charge in [0.1, 0.15) is 12.3 Å². The highest BCUT2D eigenvalue weighted by Crippen LogP contribution is 2.05. The standard InChI is InChI=1S/C21H33N5O2/c1-2-3-4-5-9-12-21(28)25-18(15-20(22)27)19(26-23)16-24-14-13-17-10-7-6-8-11-17/h6-8,10-11,16,18H,2-5,9,12-15,23H2,1H3,(H2,22,27)(H,25,28)/p+1/b24-16?,26-19+/t18-/m1/s1. The van der Waals surface area contributed by atoms with Crippen LogP contribution in [0.3, 0.4) is 0 Å². The molecule has 0 unspecified atom stereocenters. The van der Waals surface area contributed by atoms with Crippen molar-refractivity contribution in [1.82, 2.24) is 5.32 Å². The Morgan fingerprint density at radius 1 is 1.18 bits per heavy atom. The average molecular weight is 389 g/mol. The summed E-state index contributed by atoms with van der Waals surface area (Å²) in [5.74, 6) is 4.84. The summed E-state index contributed by atoms with van der Waals surface area (Å²) in [6.07, 6.45) is 8.15. The van der Waals surface area contributed by atoms with Gasteiger partial charge in [0.05, 0.1) is 12.5 Å². The molecule has 7 nitrogen and oxygen atoms in total. The van der Waals surface area contributed by atoms with Crippen LogP contribution in [0, 0.1) is 0 Å². The molecule has 0 aliphatic heterocycles. The average Bonchev–Trinajstić information content (AvgIpc) is 2.68. The van der Waals surface area contributed by atoms with Crippen LogP contribution in [0.4, 0.5) is 0 Å². The highest BCUT2D eigenvalue weighted by Gasteiger charge is 2.21. The Bertz CT molecular complexity index is 643. The number of hydrazone groups is 1. The van der Waals surface area contributed by atoms with E-state index in [1.165, 1.54) is 12.0 Å². The van der Waals surface area contributed by atoms with Crippen LogP contribution in [-0.2, 0) is 16.0 Å². The highest BCUT2D eigenvalue weighted by molar-refractivity contribution is 6.31. The molecular formula is C21H34N5O2+. The molecule has 1 rings (SSSR count). The van der Waals surface area contributed by atoms with Gasteiger partial charge in [0.25, 0.3) is 0 Å². The van der Waals surface area contributed by atoms with Crippen molar-refractivity contribution >= 4 is 23.7 Å². The molecule has 0 saturated heterocycles. The number of carbonyl (C=O) groups excluding carboxylic acids is 2. The van der Waals surface area contributed by atoms with Crippen molar-refractivity contribution in [2.45, 2.75) is 64.3 Å². The molecule has 0 aromatic heterocycles. The lowest BCUT2D eigenvalue weighted by molar-refractivity contribution is -0.449. The lowest BCUT2D eigenvalue weighted by atomic mass is 10.1. The smallest absolute Gasteiger partial charge is 0.220 e. The van der Waals surface area contributed by atoms with Gasteiger partial charge in [0, 0.05) is 12.8 Å². The van der Waals surface area contributed by atoms with E-state index < -0.39 is 11.9 Å². The monoisotopic (exact) mass is 388 g/mol. The van der Waals surface area contributed by atoms with Crippen LogP contribution >= 0.6 is 0 Å². The molecule has 0 bridgehead atoms. The largest absolute Gasteiger partial charge is 0.370 e. The summed E-state index contributed by atoms with van der Waals surface area (Å²) in [5.41, 5.74) is 6.93. The van der Waals surface area contributed by atoms with E-state index in [1.54, 1.807) is 6.21 Å². The zero-order valence-corrected chi connectivity index (χ0v) is 16.8. The molecule has 0 radical (unpaired) electrons. The molecule has 0 saturated carbocycles. The van der Waals surface area contributed by atoms with Crippen molar-refractivity contribution in [3.05, 3.63) is 35.9 Å². The minimum absolute atomic E-state index is 0.0471. The van der Waals surface area contributed by atoms with Crippen LogP contribution in [0.25, 0.3) is 0 Å². The van der Waals surface area contributed by atoms with Gasteiger partial charge >= 0.3 is 0 Å². The van der Waals surface area contributed by atoms with E-state index in [0.29, 0.717) is 18.7 Å². The summed E-state index contributed by atoms with van der Waals surface area (Å²) in [6.45, 7) is 2.83. The Hall–Kier alpha value is -2.70. The first kappa shape index (κ1) is 23.3. The fourth-order valence-corrected chi connectivity index (χ4v) is 2.85. The number of nitrogens with zero attached hydrogens (tertiary/aromatic N) is 1. The second-order valence-electron chi connectivity index (χ2n) is 6.84. The predicted octanol–water partition coefficient (Wildman–Crippen LogP) is 0.416. The number of amides is 2. The molecule has 1 aromatic carbocycles. The third-order valence-electron chi connectivity index (χ3n) is 4.40. The Balaban J connectivity index is 2.55. The van der Waals surface area contributed by atoms with Gasteiger partial charge in [0.2, 0.25) is 11.8 Å². The number of carbonyl (C=O) groups is 2. The van der Waals surface area contributed by atoms with Gasteiger partial charge in [0.15, 0.2) is 6.21 Å². The topological polar surface area (TPSA) is 125 Å². The number of benzene rings is 1. The fourth-order valence-electron chi connectivity index (χ4n) is 2.85. The molecule has 0 aliphatic carbocycles. The molecule has 0 aliphatic rings. The highest BCUT2D eigenvalue weighted by atomic mass is 16.2. The van der Waals surface area contributed by atoms with Gasteiger partial charge in [-0.25, -0.2) is 4.99 Å². The van der Waals surface area contributed by atoms with Gasteiger partial charge < -0.3 is 16.9 Å². The van der Waals surface area contributed by atoms with Crippen molar-refractivity contribution < 1.29 is 14.6 Å². The zero-order valence-electron chi connectivity index (χ0n) is 16.8. The van der Waals surface area contributed by atoms with Crippen LogP contribution in [0.5, 0.6) is 0 Å². The lowest BCUT2D eigenvalue weighted by Crippen LogP contribution is -2.72. The first-order valence-corrected chi connectivity index (χ1v) is 10.0. The van der Waals surface area contributed by atoms with Crippen molar-refractivity contribution in [3.8, 4) is 0 Å². The fraction of sp³-hybridized carbons (Fsp3) is 0.524. The maximum absolute atomic E-state index is 12.2. The number of unbranched alkanes of at least 4 members (excludes halogenated alkanes) is 4. The molecule has 6 N–H and O–H groups in total. The predicted molar refractivity (Wildman–Crippen MR) is 113 cm³/mol. The van der Waals surface area contributed by atoms with E-state index >= 15 is 0 Å². The van der Waals surface area contributed by atoms with Crippen LogP contribution in [0.2, 0.25) is 0 Å². The maximum atomic E-state index is 12.2. The molecule has 0 spiro atoms. The van der Waals surface area contributed by atoms with E-state index in [9.17, 15) is 9.59 Å². The van der Waals surface area contributed by atoms with E-state index in [-0.39, 0.29) is 12.3 Å². The second-order valence-corrected chi connectivity index (χ2v) is 6.84. The zero-order chi connectivity index (χ0) is 20.6. The normalized spacial score (nSPS) is 12.8. The molecule has 7 heteroatoms. The number of hydrogen-bond acceptors (Lipinski definition) is 4. The van der Waals surface area contributed by atoms with Gasteiger partial charge in [-0.2, -0.15) is 5.10 Å². The van der Waals surface area contributed by atoms with Crippen molar-refractivity contribution in [3.63, 3.8) is 0 Å². The van der Waals surface area contributed by atoms with Gasteiger partial charge in [-0.15, -0.1) is 0 Å². The minimum Gasteiger partial charge on any atom is -0.370 e. The summed E-state index contributed by atoms with van der Waals surface area (Å²) < 4.78 is 0. The summed E-state index contributed by atoms with van der Waals surface area (Å²) in [5, 5.41) is 6.56. The van der Waals surface area contributed by atoms with Gasteiger partial charge in [-0.05, 0) is 12.0 Å². The third-order valence-corrected chi connectivity index (χ3v) is 4.40. The van der Waals surface area contributed by atoms with Gasteiger partial charge in [-0.3, -0.25) is 9.59 Å². The minimum atomic E-state index is -0.630. The molecule has 1 atom stereocenters. The van der Waals surface area contributed by atoms with Gasteiger partial charge in [-0.1, -0.05) is 62.9 Å². The van der Waals surface area contributed by atoms with E-state index in [4.69, 9.17) is 11.6 Å². The molecular weight excluding hydrogens is 354 g/mol. The van der Waals surface area contributed by atoms with E-state index in [0.717, 1.165) is 32.1 Å². The number of nitrogens with one attached hydrogen (secondary N) is 2.